The number of hydrogen-bond acceptors (Lipinski definition) is 4. The molecule has 0 spiro atoms. The Morgan fingerprint density at radius 3 is 2.73 bits per heavy atom. The number of halogens is 2. The van der Waals surface area contributed by atoms with Gasteiger partial charge in [-0.05, 0) is 41.5 Å². The summed E-state index contributed by atoms with van der Waals surface area (Å²) >= 11 is 12.6. The molecule has 4 nitrogen and oxygen atoms in total. The Morgan fingerprint density at radius 2 is 1.90 bits per heavy atom. The van der Waals surface area contributed by atoms with Gasteiger partial charge in [-0.25, -0.2) is 0 Å². The zero-order valence-corrected chi connectivity index (χ0v) is 17.5. The van der Waals surface area contributed by atoms with Crippen molar-refractivity contribution < 1.29 is 5.11 Å². The second-order valence-corrected chi connectivity index (χ2v) is 7.72. The van der Waals surface area contributed by atoms with Gasteiger partial charge < -0.3 is 5.11 Å². The van der Waals surface area contributed by atoms with Crippen LogP contribution in [0.4, 0.5) is 0 Å². The number of pyridine rings is 2. The first-order valence-corrected chi connectivity index (χ1v) is 10.3. The highest BCUT2D eigenvalue weighted by Gasteiger charge is 2.29. The first-order valence-electron chi connectivity index (χ1n) is 9.51. The summed E-state index contributed by atoms with van der Waals surface area (Å²) in [5, 5.41) is 12.7. The molecule has 4 rings (SSSR count). The van der Waals surface area contributed by atoms with Crippen LogP contribution in [0.1, 0.15) is 29.6 Å². The summed E-state index contributed by atoms with van der Waals surface area (Å²) in [4.78, 5) is 13.1. The van der Waals surface area contributed by atoms with E-state index < -0.39 is 6.10 Å². The van der Waals surface area contributed by atoms with Crippen LogP contribution in [-0.2, 0) is 0 Å². The molecule has 1 aromatic carbocycles. The van der Waals surface area contributed by atoms with Gasteiger partial charge in [0.05, 0.1) is 16.8 Å². The quantitative estimate of drug-likeness (QED) is 0.520. The van der Waals surface area contributed by atoms with Gasteiger partial charge in [-0.2, -0.15) is 0 Å². The molecular formula is C24H19Cl2N3O. The number of aliphatic hydroxyl groups is 1. The average molecular weight is 436 g/mol. The van der Waals surface area contributed by atoms with Gasteiger partial charge in [-0.15, -0.1) is 0 Å². The Bertz CT molecular complexity index is 1130. The number of aliphatic hydroxyl groups excluding tert-OH is 1. The Balaban J connectivity index is 1.85. The fourth-order valence-electron chi connectivity index (χ4n) is 3.55. The lowest BCUT2D eigenvalue weighted by Gasteiger charge is -2.26. The van der Waals surface area contributed by atoms with E-state index in [1.54, 1.807) is 49.1 Å². The fraction of sp³-hybridized carbons (Fsp3) is 0.125. The molecule has 2 aromatic heterocycles. The standard InChI is InChI=1S/C24H19Cl2N3O/c25-18-8-9-21(26)20(13-18)23-19(7-4-12-29-23)24(30)22(17-6-3-11-28-15-17)16-5-1-2-10-27-14-16/h1,3-15,22,24,30H,2H2. The van der Waals surface area contributed by atoms with Crippen molar-refractivity contribution in [3.8, 4) is 11.3 Å². The van der Waals surface area contributed by atoms with Crippen molar-refractivity contribution in [3.05, 3.63) is 106 Å². The van der Waals surface area contributed by atoms with Crippen molar-refractivity contribution in [2.75, 3.05) is 0 Å². The highest BCUT2D eigenvalue weighted by Crippen LogP contribution is 2.42. The summed E-state index contributed by atoms with van der Waals surface area (Å²) in [6.45, 7) is 0. The van der Waals surface area contributed by atoms with Crippen molar-refractivity contribution in [1.82, 2.24) is 9.97 Å². The highest BCUT2D eigenvalue weighted by molar-refractivity contribution is 6.35. The summed E-state index contributed by atoms with van der Waals surface area (Å²) < 4.78 is 0. The molecule has 1 N–H and O–H groups in total. The lowest BCUT2D eigenvalue weighted by molar-refractivity contribution is 0.159. The SMILES string of the molecule is OC(c1cccnc1-c1cc(Cl)ccc1Cl)C(C1=CN=CCC=C1)c1cccnc1. The maximum atomic E-state index is 11.6. The molecule has 0 bridgehead atoms. The number of aliphatic imine (C=N–C) groups is 1. The van der Waals surface area contributed by atoms with Crippen LogP contribution in [-0.4, -0.2) is 21.3 Å². The minimum atomic E-state index is -0.905. The molecule has 0 fully saturated rings. The van der Waals surface area contributed by atoms with E-state index in [0.29, 0.717) is 26.9 Å². The van der Waals surface area contributed by atoms with Crippen molar-refractivity contribution in [1.29, 1.82) is 0 Å². The zero-order valence-electron chi connectivity index (χ0n) is 16.0. The lowest BCUT2D eigenvalue weighted by Crippen LogP contribution is -2.15. The normalized spacial score (nSPS) is 15.4. The number of aromatic nitrogens is 2. The number of allylic oxidation sites excluding steroid dienone is 2. The van der Waals surface area contributed by atoms with Crippen LogP contribution in [0.25, 0.3) is 11.3 Å². The summed E-state index contributed by atoms with van der Waals surface area (Å²) in [7, 11) is 0. The summed E-state index contributed by atoms with van der Waals surface area (Å²) in [5.74, 6) is -0.383. The van der Waals surface area contributed by atoms with Crippen LogP contribution < -0.4 is 0 Å². The van der Waals surface area contributed by atoms with Crippen molar-refractivity contribution in [3.63, 3.8) is 0 Å². The second kappa shape index (κ2) is 9.35. The number of benzene rings is 1. The van der Waals surface area contributed by atoms with Crippen molar-refractivity contribution in [2.45, 2.75) is 18.4 Å². The molecule has 1 aliphatic rings. The molecule has 0 amide bonds. The van der Waals surface area contributed by atoms with Gasteiger partial charge in [0.15, 0.2) is 0 Å². The van der Waals surface area contributed by atoms with E-state index in [1.807, 2.05) is 36.6 Å². The Hall–Kier alpha value is -2.79. The second-order valence-electron chi connectivity index (χ2n) is 6.87. The fourth-order valence-corrected chi connectivity index (χ4v) is 3.93. The van der Waals surface area contributed by atoms with Crippen LogP contribution in [0, 0.1) is 0 Å². The van der Waals surface area contributed by atoms with E-state index in [-0.39, 0.29) is 5.92 Å². The van der Waals surface area contributed by atoms with Gasteiger partial charge in [0.25, 0.3) is 0 Å². The molecule has 0 saturated carbocycles. The van der Waals surface area contributed by atoms with Gasteiger partial charge in [-0.1, -0.05) is 47.5 Å². The third kappa shape index (κ3) is 4.36. The molecule has 30 heavy (non-hydrogen) atoms. The minimum absolute atomic E-state index is 0.383. The smallest absolute Gasteiger partial charge is 0.0921 e. The summed E-state index contributed by atoms with van der Waals surface area (Å²) in [5.41, 5.74) is 3.68. The van der Waals surface area contributed by atoms with E-state index in [0.717, 1.165) is 17.6 Å². The molecule has 2 atom stereocenters. The van der Waals surface area contributed by atoms with E-state index >= 15 is 0 Å². The Labute approximate surface area is 185 Å². The predicted molar refractivity (Wildman–Crippen MR) is 122 cm³/mol. The molecule has 6 heteroatoms. The van der Waals surface area contributed by atoms with E-state index in [1.165, 1.54) is 0 Å². The zero-order chi connectivity index (χ0) is 20.9. The third-order valence-corrected chi connectivity index (χ3v) is 5.50. The van der Waals surface area contributed by atoms with Crippen LogP contribution in [0.5, 0.6) is 0 Å². The van der Waals surface area contributed by atoms with E-state index in [9.17, 15) is 5.11 Å². The highest BCUT2D eigenvalue weighted by atomic mass is 35.5. The third-order valence-electron chi connectivity index (χ3n) is 4.94. The van der Waals surface area contributed by atoms with Crippen molar-refractivity contribution >= 4 is 29.4 Å². The van der Waals surface area contributed by atoms with Crippen LogP contribution in [0.3, 0.4) is 0 Å². The van der Waals surface area contributed by atoms with Crippen molar-refractivity contribution in [2.24, 2.45) is 4.99 Å². The van der Waals surface area contributed by atoms with Crippen LogP contribution in [0.15, 0.2) is 90.0 Å². The van der Waals surface area contributed by atoms with E-state index in [4.69, 9.17) is 23.2 Å². The van der Waals surface area contributed by atoms with Gasteiger partial charge in [0.1, 0.15) is 0 Å². The molecule has 3 aromatic rings. The van der Waals surface area contributed by atoms with Crippen LogP contribution in [0.2, 0.25) is 10.0 Å². The first kappa shape index (κ1) is 20.5. The first-order chi connectivity index (χ1) is 14.6. The molecule has 150 valence electrons. The number of hydrogen-bond donors (Lipinski definition) is 1. The maximum absolute atomic E-state index is 11.6. The molecule has 0 saturated heterocycles. The monoisotopic (exact) mass is 435 g/mol. The minimum Gasteiger partial charge on any atom is -0.387 e. The predicted octanol–water partition coefficient (Wildman–Crippen LogP) is 6.18. The van der Waals surface area contributed by atoms with Gasteiger partial charge in [-0.3, -0.25) is 15.0 Å². The lowest BCUT2D eigenvalue weighted by atomic mass is 9.83. The van der Waals surface area contributed by atoms with Gasteiger partial charge in [0, 0.05) is 59.5 Å². The Kier molecular flexibility index (Phi) is 6.38. The molecule has 0 radical (unpaired) electrons. The van der Waals surface area contributed by atoms with E-state index in [2.05, 4.69) is 15.0 Å². The topological polar surface area (TPSA) is 58.4 Å². The largest absolute Gasteiger partial charge is 0.387 e. The summed E-state index contributed by atoms with van der Waals surface area (Å²) in [6, 6.07) is 12.7. The Morgan fingerprint density at radius 1 is 1.03 bits per heavy atom. The van der Waals surface area contributed by atoms with Crippen LogP contribution >= 0.6 is 23.2 Å². The molecule has 1 aliphatic heterocycles. The molecular weight excluding hydrogens is 417 g/mol. The molecule has 2 unspecified atom stereocenters. The average Bonchev–Trinajstić information content (AvgIpc) is 3.06. The molecule has 0 aliphatic carbocycles. The van der Waals surface area contributed by atoms with Gasteiger partial charge >= 0.3 is 0 Å². The molecule has 3 heterocycles. The number of rotatable bonds is 5. The van der Waals surface area contributed by atoms with Gasteiger partial charge in [0.2, 0.25) is 0 Å². The number of nitrogens with zero attached hydrogens (tertiary/aromatic N) is 3. The summed E-state index contributed by atoms with van der Waals surface area (Å²) in [6.07, 6.45) is 12.6. The maximum Gasteiger partial charge on any atom is 0.0921 e.